The molecule has 2 bridgehead atoms. The molecule has 2 unspecified atom stereocenters. The minimum Gasteiger partial charge on any atom is -0.394 e. The third-order valence-corrected chi connectivity index (χ3v) is 10.8. The van der Waals surface area contributed by atoms with E-state index in [1.54, 1.807) is 50.7 Å². The van der Waals surface area contributed by atoms with Crippen molar-refractivity contribution in [2.45, 2.75) is 68.5 Å². The van der Waals surface area contributed by atoms with Crippen LogP contribution in [-0.2, 0) is 14.4 Å². The van der Waals surface area contributed by atoms with E-state index in [9.17, 15) is 19.5 Å². The molecular formula is C31H42ClN3O4S. The number of carbonyl (C=O) groups is 3. The van der Waals surface area contributed by atoms with E-state index < -0.39 is 28.7 Å². The molecule has 3 amide bonds. The van der Waals surface area contributed by atoms with E-state index >= 15 is 0 Å². The Morgan fingerprint density at radius 2 is 1.93 bits per heavy atom. The third-order valence-electron chi connectivity index (χ3n) is 8.48. The van der Waals surface area contributed by atoms with E-state index in [2.05, 4.69) is 13.2 Å². The first kappa shape index (κ1) is 30.7. The number of benzene rings is 1. The number of aliphatic hydroxyl groups is 1. The monoisotopic (exact) mass is 587 g/mol. The molecule has 0 aromatic heterocycles. The Bertz CT molecular complexity index is 1150. The Hall–Kier alpha value is -2.29. The molecule has 0 aliphatic carbocycles. The summed E-state index contributed by atoms with van der Waals surface area (Å²) in [6, 6.07) is 5.80. The lowest BCUT2D eigenvalue weighted by Crippen LogP contribution is -2.58. The van der Waals surface area contributed by atoms with Crippen LogP contribution in [0, 0.1) is 17.8 Å². The van der Waals surface area contributed by atoms with Crippen LogP contribution in [0.3, 0.4) is 0 Å². The van der Waals surface area contributed by atoms with E-state index in [1.165, 1.54) is 0 Å². The number of halogens is 1. The second-order valence-electron chi connectivity index (χ2n) is 11.5. The molecule has 1 aromatic rings. The first-order valence-corrected chi connectivity index (χ1v) is 15.6. The molecule has 218 valence electrons. The van der Waals surface area contributed by atoms with Gasteiger partial charge in [0.1, 0.15) is 6.04 Å². The number of thioether (sulfide) groups is 1. The number of anilines is 1. The normalized spacial score (nSPS) is 27.6. The van der Waals surface area contributed by atoms with Gasteiger partial charge in [-0.25, -0.2) is 0 Å². The summed E-state index contributed by atoms with van der Waals surface area (Å²) in [6.07, 6.45) is 6.15. The van der Waals surface area contributed by atoms with Crippen molar-refractivity contribution < 1.29 is 19.5 Å². The van der Waals surface area contributed by atoms with Crippen molar-refractivity contribution in [1.29, 1.82) is 0 Å². The number of aliphatic hydroxyl groups excluding tert-OH is 1. The van der Waals surface area contributed by atoms with Crippen LogP contribution in [0.5, 0.6) is 0 Å². The fraction of sp³-hybridized carbons (Fsp3) is 0.581. The molecule has 4 rings (SSSR count). The highest BCUT2D eigenvalue weighted by molar-refractivity contribution is 8.02. The molecule has 3 aliphatic heterocycles. The maximum Gasteiger partial charge on any atom is 0.251 e. The van der Waals surface area contributed by atoms with Crippen molar-refractivity contribution in [2.75, 3.05) is 31.1 Å². The molecule has 9 heteroatoms. The van der Waals surface area contributed by atoms with Gasteiger partial charge in [-0.05, 0) is 43.7 Å². The van der Waals surface area contributed by atoms with Gasteiger partial charge in [-0.15, -0.1) is 24.9 Å². The molecular weight excluding hydrogens is 546 g/mol. The van der Waals surface area contributed by atoms with E-state index in [0.717, 1.165) is 12.8 Å². The molecule has 6 atom stereocenters. The van der Waals surface area contributed by atoms with Crippen LogP contribution in [0.4, 0.5) is 5.69 Å². The van der Waals surface area contributed by atoms with Gasteiger partial charge in [-0.1, -0.05) is 56.7 Å². The summed E-state index contributed by atoms with van der Waals surface area (Å²) >= 11 is 8.21. The lowest BCUT2D eigenvalue weighted by Gasteiger charge is -2.40. The molecule has 1 N–H and O–H groups in total. The zero-order chi connectivity index (χ0) is 29.2. The Morgan fingerprint density at radius 1 is 1.23 bits per heavy atom. The molecule has 7 nitrogen and oxygen atoms in total. The van der Waals surface area contributed by atoms with Crippen molar-refractivity contribution in [2.24, 2.45) is 17.8 Å². The van der Waals surface area contributed by atoms with E-state index in [4.69, 9.17) is 11.6 Å². The summed E-state index contributed by atoms with van der Waals surface area (Å²) in [5.74, 6) is -1.42. The van der Waals surface area contributed by atoms with E-state index in [-0.39, 0.29) is 42.0 Å². The Labute approximate surface area is 247 Å². The van der Waals surface area contributed by atoms with Gasteiger partial charge in [-0.2, -0.15) is 0 Å². The highest BCUT2D eigenvalue weighted by atomic mass is 35.5. The van der Waals surface area contributed by atoms with Gasteiger partial charge in [0.2, 0.25) is 11.8 Å². The van der Waals surface area contributed by atoms with Gasteiger partial charge in [0.15, 0.2) is 0 Å². The minimum absolute atomic E-state index is 0.0334. The van der Waals surface area contributed by atoms with Crippen LogP contribution < -0.4 is 4.90 Å². The lowest BCUT2D eigenvalue weighted by atomic mass is 9.70. The Kier molecular flexibility index (Phi) is 9.74. The summed E-state index contributed by atoms with van der Waals surface area (Å²) in [4.78, 5) is 48.3. The quantitative estimate of drug-likeness (QED) is 0.336. The van der Waals surface area contributed by atoms with Crippen molar-refractivity contribution in [3.8, 4) is 0 Å². The van der Waals surface area contributed by atoms with Gasteiger partial charge >= 0.3 is 0 Å². The summed E-state index contributed by atoms with van der Waals surface area (Å²) in [5, 5.41) is 10.9. The maximum atomic E-state index is 14.7. The summed E-state index contributed by atoms with van der Waals surface area (Å²) in [7, 11) is 0. The standard InChI is InChI=1S/C31H42ClN3O4S/c1-6-15-33(16-7-2)28(37)25-24-13-14-31(40-24)26(25)29(38)35(21(19-36)18-20(4)5)27(31)30(39)34(17-8-3)23-12-10-9-11-22(23)32/h6,8-12,20-21,24-27,36H,1,3,7,13-19H2,2,4-5H3/t21-,24-,25+,26+,27?,31?/m1/s1. The van der Waals surface area contributed by atoms with Crippen LogP contribution in [0.15, 0.2) is 49.6 Å². The van der Waals surface area contributed by atoms with Crippen LogP contribution in [-0.4, -0.2) is 80.9 Å². The van der Waals surface area contributed by atoms with Crippen molar-refractivity contribution in [3.05, 3.63) is 54.6 Å². The predicted molar refractivity (Wildman–Crippen MR) is 162 cm³/mol. The molecule has 1 spiro atoms. The fourth-order valence-electron chi connectivity index (χ4n) is 7.05. The molecule has 3 fully saturated rings. The number of likely N-dealkylation sites (tertiary alicyclic amines) is 1. The number of carbonyl (C=O) groups excluding carboxylic acids is 3. The van der Waals surface area contributed by atoms with Crippen LogP contribution in [0.25, 0.3) is 0 Å². The van der Waals surface area contributed by atoms with Gasteiger partial charge in [0, 0.05) is 24.9 Å². The SMILES string of the molecule is C=CCN(CCC)C(=O)[C@@H]1[C@H]2C(=O)N([C@@H](CO)CC(C)C)C(C(=O)N(CC=C)c3ccccc3Cl)C23CC[C@H]1S3. The van der Waals surface area contributed by atoms with Gasteiger partial charge in [-0.3, -0.25) is 14.4 Å². The number of nitrogens with zero attached hydrogens (tertiary/aromatic N) is 3. The Balaban J connectivity index is 1.83. The number of hydrogen-bond acceptors (Lipinski definition) is 5. The molecule has 0 radical (unpaired) electrons. The van der Waals surface area contributed by atoms with Gasteiger partial charge in [0.05, 0.1) is 39.9 Å². The van der Waals surface area contributed by atoms with E-state index in [1.807, 2.05) is 32.9 Å². The summed E-state index contributed by atoms with van der Waals surface area (Å²) in [6.45, 7) is 14.8. The zero-order valence-electron chi connectivity index (χ0n) is 23.8. The maximum absolute atomic E-state index is 14.7. The molecule has 0 saturated carbocycles. The topological polar surface area (TPSA) is 81.2 Å². The zero-order valence-corrected chi connectivity index (χ0v) is 25.4. The Morgan fingerprint density at radius 3 is 2.52 bits per heavy atom. The molecule has 3 heterocycles. The molecule has 3 saturated heterocycles. The molecule has 3 aliphatic rings. The number of para-hydroxylation sites is 1. The average molecular weight is 588 g/mol. The minimum atomic E-state index is -0.830. The van der Waals surface area contributed by atoms with E-state index in [0.29, 0.717) is 36.6 Å². The number of amides is 3. The predicted octanol–water partition coefficient (Wildman–Crippen LogP) is 4.78. The second kappa shape index (κ2) is 12.7. The van der Waals surface area contributed by atoms with Crippen LogP contribution in [0.2, 0.25) is 5.02 Å². The number of fused-ring (bicyclic) bond motifs is 1. The van der Waals surface area contributed by atoms with Crippen molar-refractivity contribution >= 4 is 46.8 Å². The van der Waals surface area contributed by atoms with Gasteiger partial charge < -0.3 is 19.8 Å². The molecule has 40 heavy (non-hydrogen) atoms. The van der Waals surface area contributed by atoms with Crippen LogP contribution in [0.1, 0.15) is 46.5 Å². The lowest BCUT2D eigenvalue weighted by molar-refractivity contribution is -0.145. The average Bonchev–Trinajstić information content (AvgIpc) is 3.57. The first-order chi connectivity index (χ1) is 19.2. The van der Waals surface area contributed by atoms with Crippen molar-refractivity contribution in [1.82, 2.24) is 9.80 Å². The fourth-order valence-corrected chi connectivity index (χ4v) is 9.48. The van der Waals surface area contributed by atoms with Gasteiger partial charge in [0.25, 0.3) is 5.91 Å². The smallest absolute Gasteiger partial charge is 0.251 e. The highest BCUT2D eigenvalue weighted by Crippen LogP contribution is 2.67. The first-order valence-electron chi connectivity index (χ1n) is 14.3. The van der Waals surface area contributed by atoms with Crippen LogP contribution >= 0.6 is 23.4 Å². The van der Waals surface area contributed by atoms with Crippen molar-refractivity contribution in [3.63, 3.8) is 0 Å². The number of hydrogen-bond donors (Lipinski definition) is 1. The second-order valence-corrected chi connectivity index (χ2v) is 13.5. The summed E-state index contributed by atoms with van der Waals surface area (Å²) < 4.78 is -0.754. The number of rotatable bonds is 13. The molecule has 1 aromatic carbocycles. The highest BCUT2D eigenvalue weighted by Gasteiger charge is 2.74. The third kappa shape index (κ3) is 5.23. The summed E-state index contributed by atoms with van der Waals surface area (Å²) in [5.41, 5.74) is 0.552. The largest absolute Gasteiger partial charge is 0.394 e.